The van der Waals surface area contributed by atoms with Crippen LogP contribution in [0.3, 0.4) is 0 Å². The number of aliphatic hydroxyl groups excluding tert-OH is 1. The van der Waals surface area contributed by atoms with Crippen molar-refractivity contribution in [2.24, 2.45) is 0 Å². The fraction of sp³-hybridized carbons (Fsp3) is 0.700. The third kappa shape index (κ3) is 4.29. The van der Waals surface area contributed by atoms with Gasteiger partial charge in [0, 0.05) is 12.7 Å². The highest BCUT2D eigenvalue weighted by Crippen LogP contribution is 2.41. The molecule has 2 saturated heterocycles. The molecule has 0 aliphatic carbocycles. The van der Waals surface area contributed by atoms with Crippen LogP contribution in [0.5, 0.6) is 0 Å². The Morgan fingerprint density at radius 2 is 1.78 bits per heavy atom. The van der Waals surface area contributed by atoms with E-state index in [-0.39, 0.29) is 11.1 Å². The topological polar surface area (TPSA) is 66.4 Å². The van der Waals surface area contributed by atoms with Crippen LogP contribution in [0.4, 0.5) is 0 Å². The van der Waals surface area contributed by atoms with Crippen molar-refractivity contribution in [3.05, 3.63) is 35.9 Å². The summed E-state index contributed by atoms with van der Waals surface area (Å²) < 4.78 is 29.9. The van der Waals surface area contributed by atoms with Gasteiger partial charge >= 0.3 is 0 Å². The molecular weight excluding hydrogens is 364 g/mol. The van der Waals surface area contributed by atoms with Gasteiger partial charge in [-0.3, -0.25) is 0 Å². The Morgan fingerprint density at radius 1 is 1.11 bits per heavy atom. The predicted molar refractivity (Wildman–Crippen MR) is 104 cm³/mol. The van der Waals surface area contributed by atoms with Crippen LogP contribution in [0.2, 0.25) is 18.1 Å². The second kappa shape index (κ2) is 7.91. The van der Waals surface area contributed by atoms with Crippen LogP contribution in [0, 0.1) is 0 Å². The summed E-state index contributed by atoms with van der Waals surface area (Å²) in [5.41, 5.74) is 0.936. The summed E-state index contributed by atoms with van der Waals surface area (Å²) in [5, 5.41) is 10.9. The molecule has 27 heavy (non-hydrogen) atoms. The summed E-state index contributed by atoms with van der Waals surface area (Å²) in [6.07, 6.45) is -3.52. The minimum absolute atomic E-state index is 0.00703. The molecule has 7 heteroatoms. The van der Waals surface area contributed by atoms with E-state index in [0.29, 0.717) is 6.61 Å². The molecule has 0 amide bonds. The number of hydrogen-bond donors (Lipinski definition) is 1. The van der Waals surface area contributed by atoms with Gasteiger partial charge in [-0.25, -0.2) is 0 Å². The van der Waals surface area contributed by atoms with Crippen molar-refractivity contribution in [3.63, 3.8) is 0 Å². The van der Waals surface area contributed by atoms with Crippen LogP contribution in [-0.2, 0) is 23.4 Å². The number of rotatable bonds is 4. The first-order valence-electron chi connectivity index (χ1n) is 9.50. The summed E-state index contributed by atoms with van der Waals surface area (Å²) in [5.74, 6) is 0. The van der Waals surface area contributed by atoms with Crippen LogP contribution in [0.1, 0.15) is 32.6 Å². The van der Waals surface area contributed by atoms with Crippen LogP contribution >= 0.6 is 0 Å². The first kappa shape index (κ1) is 20.9. The zero-order valence-corrected chi connectivity index (χ0v) is 18.0. The molecule has 0 bridgehead atoms. The fourth-order valence-electron chi connectivity index (χ4n) is 3.19. The van der Waals surface area contributed by atoms with E-state index in [4.69, 9.17) is 23.4 Å². The molecular formula is C20H32O6Si. The van der Waals surface area contributed by atoms with E-state index in [1.165, 1.54) is 7.11 Å². The Bertz CT molecular complexity index is 617. The molecule has 1 unspecified atom stereocenters. The first-order chi connectivity index (χ1) is 12.6. The Hall–Kier alpha value is -0.803. The fourth-order valence-corrected chi connectivity index (χ4v) is 4.50. The lowest BCUT2D eigenvalue weighted by Crippen LogP contribution is -2.65. The van der Waals surface area contributed by atoms with E-state index < -0.39 is 39.2 Å². The zero-order chi connectivity index (χ0) is 19.8. The van der Waals surface area contributed by atoms with E-state index in [2.05, 4.69) is 33.9 Å². The minimum atomic E-state index is -2.15. The Kier molecular flexibility index (Phi) is 6.13. The van der Waals surface area contributed by atoms with Crippen molar-refractivity contribution in [3.8, 4) is 0 Å². The first-order valence-corrected chi connectivity index (χ1v) is 12.4. The van der Waals surface area contributed by atoms with Crippen molar-refractivity contribution >= 4 is 8.32 Å². The van der Waals surface area contributed by atoms with Gasteiger partial charge in [-0.05, 0) is 18.1 Å². The molecule has 0 radical (unpaired) electrons. The van der Waals surface area contributed by atoms with Crippen LogP contribution in [-0.4, -0.2) is 57.8 Å². The molecule has 1 aromatic rings. The maximum absolute atomic E-state index is 10.9. The maximum Gasteiger partial charge on any atom is 0.192 e. The Balaban J connectivity index is 1.85. The molecule has 2 fully saturated rings. The number of ether oxygens (including phenoxy) is 4. The molecule has 0 saturated carbocycles. The smallest absolute Gasteiger partial charge is 0.192 e. The van der Waals surface area contributed by atoms with E-state index in [0.717, 1.165) is 5.56 Å². The largest absolute Gasteiger partial charge is 0.408 e. The molecule has 2 heterocycles. The van der Waals surface area contributed by atoms with E-state index in [1.54, 1.807) is 0 Å². The van der Waals surface area contributed by atoms with Gasteiger partial charge in [0.15, 0.2) is 20.9 Å². The average Bonchev–Trinajstić information content (AvgIpc) is 2.63. The van der Waals surface area contributed by atoms with Crippen LogP contribution in [0.25, 0.3) is 0 Å². The number of methoxy groups -OCH3 is 1. The molecule has 0 spiro atoms. The Morgan fingerprint density at radius 3 is 2.37 bits per heavy atom. The number of hydrogen-bond acceptors (Lipinski definition) is 6. The van der Waals surface area contributed by atoms with Gasteiger partial charge in [0.1, 0.15) is 24.4 Å². The standard InChI is InChI=1S/C20H32O6Si/c1-20(2,3)27(5,6)26-17-15(21)19(22-4)24-14-12-23-18(25-16(14)17)13-10-8-7-9-11-13/h7-11,14-19,21H,12H2,1-6H3/t14-,15+,16-,17-,18?,19+/m1/s1. The van der Waals surface area contributed by atoms with E-state index >= 15 is 0 Å². The van der Waals surface area contributed by atoms with Crippen molar-refractivity contribution in [2.45, 2.75) is 75.9 Å². The lowest BCUT2D eigenvalue weighted by molar-refractivity contribution is -0.356. The van der Waals surface area contributed by atoms with Gasteiger partial charge in [0.2, 0.25) is 0 Å². The van der Waals surface area contributed by atoms with Gasteiger partial charge in [-0.15, -0.1) is 0 Å². The second-order valence-electron chi connectivity index (χ2n) is 8.79. The summed E-state index contributed by atoms with van der Waals surface area (Å²) in [7, 11) is -0.623. The zero-order valence-electron chi connectivity index (χ0n) is 17.0. The summed E-state index contributed by atoms with van der Waals surface area (Å²) in [6.45, 7) is 11.2. The van der Waals surface area contributed by atoms with Crippen molar-refractivity contribution in [1.82, 2.24) is 0 Å². The second-order valence-corrected chi connectivity index (χ2v) is 13.5. The predicted octanol–water partition coefficient (Wildman–Crippen LogP) is 3.22. The molecule has 1 N–H and O–H groups in total. The van der Waals surface area contributed by atoms with Gasteiger partial charge < -0.3 is 28.5 Å². The van der Waals surface area contributed by atoms with Gasteiger partial charge in [-0.2, -0.15) is 0 Å². The van der Waals surface area contributed by atoms with Crippen molar-refractivity contribution < 1.29 is 28.5 Å². The third-order valence-electron chi connectivity index (χ3n) is 5.85. The van der Waals surface area contributed by atoms with Gasteiger partial charge in [-0.1, -0.05) is 51.1 Å². The molecule has 6 nitrogen and oxygen atoms in total. The molecule has 0 aromatic heterocycles. The molecule has 152 valence electrons. The molecule has 1 aromatic carbocycles. The molecule has 6 atom stereocenters. The maximum atomic E-state index is 10.9. The van der Waals surface area contributed by atoms with Gasteiger partial charge in [0.25, 0.3) is 0 Å². The highest BCUT2D eigenvalue weighted by Gasteiger charge is 2.53. The lowest BCUT2D eigenvalue weighted by atomic mass is 9.98. The van der Waals surface area contributed by atoms with E-state index in [9.17, 15) is 5.11 Å². The average molecular weight is 397 g/mol. The Labute approximate surface area is 162 Å². The monoisotopic (exact) mass is 396 g/mol. The number of aliphatic hydroxyl groups is 1. The van der Waals surface area contributed by atoms with E-state index in [1.807, 2.05) is 30.3 Å². The molecule has 2 aliphatic heterocycles. The highest BCUT2D eigenvalue weighted by atomic mass is 28.4. The van der Waals surface area contributed by atoms with Crippen molar-refractivity contribution in [2.75, 3.05) is 13.7 Å². The van der Waals surface area contributed by atoms with Crippen LogP contribution < -0.4 is 0 Å². The van der Waals surface area contributed by atoms with Crippen molar-refractivity contribution in [1.29, 1.82) is 0 Å². The molecule has 2 aliphatic rings. The molecule has 3 rings (SSSR count). The summed E-state index contributed by atoms with van der Waals surface area (Å²) in [4.78, 5) is 0. The summed E-state index contributed by atoms with van der Waals surface area (Å²) >= 11 is 0. The van der Waals surface area contributed by atoms with Crippen LogP contribution in [0.15, 0.2) is 30.3 Å². The summed E-state index contributed by atoms with van der Waals surface area (Å²) in [6, 6.07) is 9.78. The number of fused-ring (bicyclic) bond motifs is 1. The van der Waals surface area contributed by atoms with Gasteiger partial charge in [0.05, 0.1) is 6.61 Å². The highest BCUT2D eigenvalue weighted by molar-refractivity contribution is 6.74. The number of benzene rings is 1. The SMILES string of the molecule is CO[C@H]1O[C@@H]2COC(c3ccccc3)O[C@H]2[C@H](O[Si](C)(C)C(C)(C)C)[C@@H]1O. The lowest BCUT2D eigenvalue weighted by Gasteiger charge is -2.50. The quantitative estimate of drug-likeness (QED) is 0.789. The minimum Gasteiger partial charge on any atom is -0.408 e. The normalized spacial score (nSPS) is 34.9. The third-order valence-corrected chi connectivity index (χ3v) is 10.3.